The third-order valence-corrected chi connectivity index (χ3v) is 7.98. The predicted octanol–water partition coefficient (Wildman–Crippen LogP) is 4.41. The second-order valence-electron chi connectivity index (χ2n) is 7.40. The van der Waals surface area contributed by atoms with Gasteiger partial charge in [-0.1, -0.05) is 0 Å². The number of nitrogens with one attached hydrogen (secondary N) is 1. The molecule has 0 aliphatic heterocycles. The van der Waals surface area contributed by atoms with Crippen molar-refractivity contribution in [1.29, 1.82) is 5.26 Å². The zero-order valence-corrected chi connectivity index (χ0v) is 17.0. The molecule has 5 nitrogen and oxygen atoms in total. The van der Waals surface area contributed by atoms with Gasteiger partial charge < -0.3 is 4.57 Å². The lowest BCUT2D eigenvalue weighted by Gasteiger charge is -2.32. The van der Waals surface area contributed by atoms with Crippen LogP contribution in [-0.2, 0) is 10.0 Å². The molecule has 4 rings (SSSR count). The Balaban J connectivity index is 1.80. The first-order valence-corrected chi connectivity index (χ1v) is 11.2. The van der Waals surface area contributed by atoms with Gasteiger partial charge in [0.05, 0.1) is 21.7 Å². The Hall–Kier alpha value is -1.57. The zero-order chi connectivity index (χ0) is 20.2. The van der Waals surface area contributed by atoms with E-state index in [1.807, 2.05) is 0 Å². The third-order valence-electron chi connectivity index (χ3n) is 5.44. The topological polar surface area (TPSA) is 74.9 Å². The molecule has 2 aliphatic carbocycles. The largest absolute Gasteiger partial charge is 0.344 e. The highest BCUT2D eigenvalue weighted by molar-refractivity contribution is 9.10. The molecule has 1 atom stereocenters. The Kier molecular flexibility index (Phi) is 4.96. The van der Waals surface area contributed by atoms with Crippen LogP contribution in [0.25, 0.3) is 10.9 Å². The number of alkyl halides is 2. The molecule has 2 aromatic rings. The summed E-state index contributed by atoms with van der Waals surface area (Å²) in [5.74, 6) is -0.720. The van der Waals surface area contributed by atoms with Crippen molar-refractivity contribution < 1.29 is 21.6 Å². The van der Waals surface area contributed by atoms with Gasteiger partial charge in [0, 0.05) is 28.7 Å². The maximum Gasteiger partial charge on any atom is 0.258 e. The van der Waals surface area contributed by atoms with E-state index in [-0.39, 0.29) is 27.4 Å². The fraction of sp³-hybridized carbons (Fsp3) is 0.500. The summed E-state index contributed by atoms with van der Waals surface area (Å²) in [6.45, 7) is 0. The molecule has 0 radical (unpaired) electrons. The molecular formula is C18H17BrF3N3O2S. The molecule has 2 fully saturated rings. The lowest BCUT2D eigenvalue weighted by Crippen LogP contribution is -2.35. The standard InChI is InChI=1S/C18H17BrF3N3O2S/c19-14-6-16-12(5-15(14)20)13(8-25(16)10-3-9(4-10)7-23)17(18(21)22)24-28(26,27)11-1-2-11/h5-6,8-11,17-18,24H,1-4H2. The van der Waals surface area contributed by atoms with Crippen LogP contribution in [0.15, 0.2) is 22.8 Å². The molecule has 1 N–H and O–H groups in total. The summed E-state index contributed by atoms with van der Waals surface area (Å²) in [5, 5.41) is 8.60. The van der Waals surface area contributed by atoms with Gasteiger partial charge in [-0.15, -0.1) is 0 Å². The molecule has 10 heteroatoms. The van der Waals surface area contributed by atoms with Crippen LogP contribution in [0.2, 0.25) is 0 Å². The second-order valence-corrected chi connectivity index (χ2v) is 10.2. The van der Waals surface area contributed by atoms with E-state index in [1.165, 1.54) is 12.3 Å². The van der Waals surface area contributed by atoms with Gasteiger partial charge in [0.15, 0.2) is 0 Å². The van der Waals surface area contributed by atoms with E-state index < -0.39 is 33.6 Å². The average Bonchev–Trinajstić information content (AvgIpc) is 3.39. The van der Waals surface area contributed by atoms with Crippen LogP contribution in [0.4, 0.5) is 13.2 Å². The second kappa shape index (κ2) is 7.04. The molecule has 1 aromatic heterocycles. The fourth-order valence-electron chi connectivity index (χ4n) is 3.64. The van der Waals surface area contributed by atoms with Crippen LogP contribution in [0.3, 0.4) is 0 Å². The molecule has 2 saturated carbocycles. The average molecular weight is 476 g/mol. The van der Waals surface area contributed by atoms with E-state index in [0.717, 1.165) is 6.07 Å². The number of benzene rings is 1. The Labute approximate surface area is 168 Å². The molecule has 1 unspecified atom stereocenters. The summed E-state index contributed by atoms with van der Waals surface area (Å²) in [5.41, 5.74) is 0.571. The van der Waals surface area contributed by atoms with Crippen molar-refractivity contribution in [2.24, 2.45) is 5.92 Å². The van der Waals surface area contributed by atoms with Crippen LogP contribution in [-0.4, -0.2) is 24.7 Å². The molecule has 0 spiro atoms. The molecule has 28 heavy (non-hydrogen) atoms. The van der Waals surface area contributed by atoms with Crippen molar-refractivity contribution in [2.75, 3.05) is 0 Å². The van der Waals surface area contributed by atoms with E-state index in [9.17, 15) is 21.6 Å². The fourth-order valence-corrected chi connectivity index (χ4v) is 5.51. The van der Waals surface area contributed by atoms with Crippen LogP contribution in [0, 0.1) is 23.1 Å². The number of rotatable bonds is 6. The first kappa shape index (κ1) is 19.7. The minimum Gasteiger partial charge on any atom is -0.344 e. The number of fused-ring (bicyclic) bond motifs is 1. The van der Waals surface area contributed by atoms with Gasteiger partial charge in [0.1, 0.15) is 11.9 Å². The molecule has 0 amide bonds. The van der Waals surface area contributed by atoms with Crippen LogP contribution in [0.1, 0.15) is 43.3 Å². The number of hydrogen-bond donors (Lipinski definition) is 1. The molecule has 0 saturated heterocycles. The van der Waals surface area contributed by atoms with Crippen molar-refractivity contribution >= 4 is 36.9 Å². The van der Waals surface area contributed by atoms with Crippen LogP contribution in [0.5, 0.6) is 0 Å². The molecular weight excluding hydrogens is 459 g/mol. The molecule has 1 aromatic carbocycles. The lowest BCUT2D eigenvalue weighted by atomic mass is 9.81. The molecule has 2 aliphatic rings. The van der Waals surface area contributed by atoms with E-state index in [4.69, 9.17) is 5.26 Å². The number of aromatic nitrogens is 1. The van der Waals surface area contributed by atoms with Crippen LogP contribution < -0.4 is 4.72 Å². The third kappa shape index (κ3) is 3.44. The summed E-state index contributed by atoms with van der Waals surface area (Å²) in [6.07, 6.45) is 0.524. The summed E-state index contributed by atoms with van der Waals surface area (Å²) in [4.78, 5) is 0. The van der Waals surface area contributed by atoms with Gasteiger partial charge in [0.2, 0.25) is 10.0 Å². The molecule has 150 valence electrons. The number of sulfonamides is 1. The van der Waals surface area contributed by atoms with Gasteiger partial charge in [-0.05, 0) is 53.7 Å². The van der Waals surface area contributed by atoms with Gasteiger partial charge in [-0.3, -0.25) is 0 Å². The normalized spacial score (nSPS) is 23.6. The summed E-state index contributed by atoms with van der Waals surface area (Å²) in [7, 11) is -3.87. The van der Waals surface area contributed by atoms with Crippen LogP contribution >= 0.6 is 15.9 Å². The van der Waals surface area contributed by atoms with Gasteiger partial charge in [-0.25, -0.2) is 26.3 Å². The minimum absolute atomic E-state index is 0.0426. The van der Waals surface area contributed by atoms with Crippen molar-refractivity contribution in [2.45, 2.75) is 49.4 Å². The SMILES string of the molecule is N#CC1CC(n2cc(C(NS(=O)(=O)C3CC3)C(F)F)c3cc(F)c(Br)cc32)C1. The first-order chi connectivity index (χ1) is 13.2. The predicted molar refractivity (Wildman–Crippen MR) is 101 cm³/mol. The van der Waals surface area contributed by atoms with E-state index in [2.05, 4.69) is 26.7 Å². The Morgan fingerprint density at radius 1 is 1.29 bits per heavy atom. The van der Waals surface area contributed by atoms with Crippen molar-refractivity contribution in [3.05, 3.63) is 34.2 Å². The van der Waals surface area contributed by atoms with Gasteiger partial charge in [-0.2, -0.15) is 5.26 Å². The number of hydrogen-bond acceptors (Lipinski definition) is 3. The summed E-state index contributed by atoms with van der Waals surface area (Å²) < 4.78 is 70.5. The quantitative estimate of drug-likeness (QED) is 0.672. The Morgan fingerprint density at radius 3 is 2.54 bits per heavy atom. The maximum absolute atomic E-state index is 14.2. The molecule has 1 heterocycles. The van der Waals surface area contributed by atoms with E-state index in [1.54, 1.807) is 4.57 Å². The van der Waals surface area contributed by atoms with Crippen molar-refractivity contribution in [3.63, 3.8) is 0 Å². The highest BCUT2D eigenvalue weighted by Gasteiger charge is 2.40. The van der Waals surface area contributed by atoms with Gasteiger partial charge >= 0.3 is 0 Å². The smallest absolute Gasteiger partial charge is 0.258 e. The highest BCUT2D eigenvalue weighted by atomic mass is 79.9. The maximum atomic E-state index is 14.2. The Morgan fingerprint density at radius 2 is 1.96 bits per heavy atom. The van der Waals surface area contributed by atoms with E-state index in [0.29, 0.717) is 31.2 Å². The minimum atomic E-state index is -3.87. The summed E-state index contributed by atoms with van der Waals surface area (Å²) >= 11 is 3.12. The number of nitrogens with zero attached hydrogens (tertiary/aromatic N) is 2. The number of nitriles is 1. The number of halogens is 4. The van der Waals surface area contributed by atoms with E-state index >= 15 is 0 Å². The summed E-state index contributed by atoms with van der Waals surface area (Å²) in [6, 6.07) is 2.99. The molecule has 0 bridgehead atoms. The highest BCUT2D eigenvalue weighted by Crippen LogP contribution is 2.43. The van der Waals surface area contributed by atoms with Crippen molar-refractivity contribution in [3.8, 4) is 6.07 Å². The first-order valence-electron chi connectivity index (χ1n) is 8.89. The monoisotopic (exact) mass is 475 g/mol. The zero-order valence-electron chi connectivity index (χ0n) is 14.6. The van der Waals surface area contributed by atoms with Crippen molar-refractivity contribution in [1.82, 2.24) is 9.29 Å². The van der Waals surface area contributed by atoms with Gasteiger partial charge in [0.25, 0.3) is 6.43 Å². The Bertz CT molecular complexity index is 1070. The lowest BCUT2D eigenvalue weighted by molar-refractivity contribution is 0.109.